The second-order valence-corrected chi connectivity index (χ2v) is 93.4. The molecule has 1 heterocycles. The van der Waals surface area contributed by atoms with Gasteiger partial charge >= 0.3 is 202 Å². The van der Waals surface area contributed by atoms with Gasteiger partial charge in [0.2, 0.25) is 0 Å². The van der Waals surface area contributed by atoms with Crippen LogP contribution in [0.25, 0.3) is 12.2 Å². The number of hydrogen-bond acceptors (Lipinski definition) is 0. The van der Waals surface area contributed by atoms with Gasteiger partial charge in [-0.3, -0.25) is 0 Å². The molecule has 2 aromatic rings. The van der Waals surface area contributed by atoms with E-state index in [0.29, 0.717) is 28.9 Å². The first-order valence-corrected chi connectivity index (χ1v) is 39.6. The Kier molecular flexibility index (Phi) is 5.60. The normalized spacial score (nSPS) is 23.8. The molecule has 1 fully saturated rings. The summed E-state index contributed by atoms with van der Waals surface area (Å²) < 4.78 is 7.56. The minimum atomic E-state index is -3.36. The van der Waals surface area contributed by atoms with Gasteiger partial charge in [-0.05, 0) is 0 Å². The van der Waals surface area contributed by atoms with Crippen LogP contribution in [-0.4, -0.2) is 21.6 Å². The molecule has 0 spiro atoms. The van der Waals surface area contributed by atoms with Gasteiger partial charge in [-0.25, -0.2) is 0 Å². The first-order chi connectivity index (χ1) is 15.0. The van der Waals surface area contributed by atoms with E-state index in [0.717, 1.165) is 7.35 Å². The molecular formula is C28H40HfSi3. The molecule has 0 nitrogen and oxygen atoms in total. The van der Waals surface area contributed by atoms with Gasteiger partial charge in [-0.15, -0.1) is 0 Å². The van der Waals surface area contributed by atoms with E-state index in [9.17, 15) is 0 Å². The fraction of sp³-hybridized carbons (Fsp3) is 0.429. The van der Waals surface area contributed by atoms with Crippen molar-refractivity contribution in [1.29, 1.82) is 0 Å². The first kappa shape index (κ1) is 23.2. The van der Waals surface area contributed by atoms with Gasteiger partial charge in [0.1, 0.15) is 0 Å². The number of allylic oxidation sites excluding steroid dienone is 2. The number of hydrogen-bond donors (Lipinski definition) is 0. The van der Waals surface area contributed by atoms with E-state index in [1.165, 1.54) is 0 Å². The van der Waals surface area contributed by atoms with Gasteiger partial charge in [0.25, 0.3) is 0 Å². The van der Waals surface area contributed by atoms with Crippen LogP contribution in [0.4, 0.5) is 0 Å². The Morgan fingerprint density at radius 1 is 0.719 bits per heavy atom. The van der Waals surface area contributed by atoms with Crippen molar-refractivity contribution in [3.8, 4) is 0 Å². The van der Waals surface area contributed by atoms with E-state index in [1.807, 2.05) is 0 Å². The summed E-state index contributed by atoms with van der Waals surface area (Å²) in [5.74, 6) is 1.20. The van der Waals surface area contributed by atoms with Crippen molar-refractivity contribution in [1.82, 2.24) is 0 Å². The third-order valence-electron chi connectivity index (χ3n) is 9.26. The van der Waals surface area contributed by atoms with Crippen LogP contribution in [0.3, 0.4) is 0 Å². The summed E-state index contributed by atoms with van der Waals surface area (Å²) in [6.45, 7) is 14.5. The molecule has 0 amide bonds. The Balaban J connectivity index is 1.79. The molecule has 0 saturated carbocycles. The molecule has 3 aliphatic rings. The number of fused-ring (bicyclic) bond motifs is 2. The average Bonchev–Trinajstić information content (AvgIpc) is 3.44. The maximum atomic E-state index is 2.98. The fourth-order valence-corrected chi connectivity index (χ4v) is 279. The quantitative estimate of drug-likeness (QED) is 0.332. The molecule has 32 heavy (non-hydrogen) atoms. The van der Waals surface area contributed by atoms with Crippen LogP contribution in [0.2, 0.25) is 9.36 Å². The van der Waals surface area contributed by atoms with Crippen LogP contribution in [0.1, 0.15) is 94.1 Å². The molecule has 0 N–H and O–H groups in total. The zero-order valence-corrected chi connectivity index (χ0v) is 28.8. The van der Waals surface area contributed by atoms with Gasteiger partial charge in [-0.1, -0.05) is 0 Å². The Bertz CT molecular complexity index is 1180. The molecule has 0 radical (unpaired) electrons. The van der Waals surface area contributed by atoms with Crippen molar-refractivity contribution in [2.24, 2.45) is 0 Å². The van der Waals surface area contributed by atoms with Crippen molar-refractivity contribution >= 4 is 33.8 Å². The van der Waals surface area contributed by atoms with Crippen LogP contribution >= 0.6 is 0 Å². The maximum absolute atomic E-state index is 3.36. The van der Waals surface area contributed by atoms with E-state index in [4.69, 9.17) is 0 Å². The summed E-state index contributed by atoms with van der Waals surface area (Å²) in [7, 11) is 0.680. The number of benzene rings is 2. The Labute approximate surface area is 200 Å². The molecule has 0 aromatic heterocycles. The van der Waals surface area contributed by atoms with E-state index in [1.54, 1.807) is 44.5 Å². The van der Waals surface area contributed by atoms with E-state index >= 15 is 0 Å². The summed E-state index contributed by atoms with van der Waals surface area (Å²) in [4.78, 5) is 0. The topological polar surface area (TPSA) is 0 Å². The minimum absolute atomic E-state index is 0.0161. The Morgan fingerprint density at radius 3 is 1.47 bits per heavy atom. The van der Waals surface area contributed by atoms with E-state index in [-0.39, 0.29) is 4.53 Å². The van der Waals surface area contributed by atoms with Gasteiger partial charge < -0.3 is 0 Å². The molecule has 1 aliphatic heterocycles. The standard InChI is InChI=1S/2C13H15.2CH3.Hf.H4Si3/c2*1-9(2)12-6-4-5-11-7-10(3)8-13(11)12;;;;1-2-3-1/h2*4-9H,1-3H3;2*1H3;;1-2H2. The van der Waals surface area contributed by atoms with Crippen molar-refractivity contribution in [2.75, 3.05) is 0 Å². The predicted molar refractivity (Wildman–Crippen MR) is 148 cm³/mol. The molecule has 168 valence electrons. The zero-order chi connectivity index (χ0) is 23.0. The summed E-state index contributed by atoms with van der Waals surface area (Å²) in [6.07, 6.45) is 5.26. The van der Waals surface area contributed by atoms with Crippen LogP contribution in [-0.2, 0) is 17.1 Å². The predicted octanol–water partition coefficient (Wildman–Crippen LogP) is 6.59. The van der Waals surface area contributed by atoms with Crippen molar-refractivity contribution in [2.45, 2.75) is 70.1 Å². The van der Waals surface area contributed by atoms with Crippen LogP contribution in [0.15, 0.2) is 47.5 Å². The summed E-state index contributed by atoms with van der Waals surface area (Å²) in [5, 5.41) is 0. The van der Waals surface area contributed by atoms with Gasteiger partial charge in [-0.2, -0.15) is 0 Å². The summed E-state index contributed by atoms with van der Waals surface area (Å²) in [5.41, 5.74) is 13.3. The third kappa shape index (κ3) is 3.19. The van der Waals surface area contributed by atoms with E-state index in [2.05, 4.69) is 99.5 Å². The van der Waals surface area contributed by atoms with E-state index < -0.39 is 17.1 Å². The second kappa shape index (κ2) is 7.73. The second-order valence-electron chi connectivity index (χ2n) is 12.4. The SMILES string of the molecule is CC1=Cc2c(C(C)C)cccc2[CH]1[Hf]([CH3])([CH3])([CH]1C(C)=Cc2c(C(C)C)cccc21)=[Si]1[SiH2][SiH2]1. The molecule has 0 bridgehead atoms. The van der Waals surface area contributed by atoms with Gasteiger partial charge in [0, 0.05) is 0 Å². The molecular weight excluding hydrogens is 599 g/mol. The molecule has 2 atom stereocenters. The molecule has 1 saturated heterocycles. The molecule has 2 aliphatic carbocycles. The molecule has 2 unspecified atom stereocenters. The fourth-order valence-electron chi connectivity index (χ4n) is 7.94. The van der Waals surface area contributed by atoms with Crippen molar-refractivity contribution < 1.29 is 17.1 Å². The molecule has 5 rings (SSSR count). The van der Waals surface area contributed by atoms with Crippen molar-refractivity contribution in [3.05, 3.63) is 80.9 Å². The van der Waals surface area contributed by atoms with Crippen LogP contribution < -0.4 is 0 Å². The molecule has 4 heteroatoms. The van der Waals surface area contributed by atoms with Gasteiger partial charge in [0.05, 0.1) is 0 Å². The number of rotatable bonds is 4. The van der Waals surface area contributed by atoms with Gasteiger partial charge in [0.15, 0.2) is 0 Å². The van der Waals surface area contributed by atoms with Crippen LogP contribution in [0, 0.1) is 0 Å². The first-order valence-electron chi connectivity index (χ1n) is 12.7. The molecule has 2 aromatic carbocycles. The monoisotopic (exact) mass is 640 g/mol. The average molecular weight is 639 g/mol. The summed E-state index contributed by atoms with van der Waals surface area (Å²) in [6, 6.07) is 14.6. The van der Waals surface area contributed by atoms with Crippen LogP contribution in [0.5, 0.6) is 0 Å². The van der Waals surface area contributed by atoms with Crippen molar-refractivity contribution in [3.63, 3.8) is 0 Å². The third-order valence-corrected chi connectivity index (χ3v) is 175. The zero-order valence-electron chi connectivity index (χ0n) is 21.3. The Hall–Kier alpha value is -0.559. The Morgan fingerprint density at radius 2 is 1.12 bits per heavy atom. The summed E-state index contributed by atoms with van der Waals surface area (Å²) >= 11 is -3.36.